The Balaban J connectivity index is 2.13. The van der Waals surface area contributed by atoms with E-state index in [9.17, 15) is 4.79 Å². The molecular weight excluding hydrogens is 242 g/mol. The fourth-order valence-electron chi connectivity index (χ4n) is 2.00. The summed E-state index contributed by atoms with van der Waals surface area (Å²) >= 11 is 0. The third-order valence-electron chi connectivity index (χ3n) is 3.25. The lowest BCUT2D eigenvalue weighted by molar-refractivity contribution is -0.120. The predicted octanol–water partition coefficient (Wildman–Crippen LogP) is 2.35. The third kappa shape index (κ3) is 3.15. The summed E-state index contributed by atoms with van der Waals surface area (Å²) in [5.74, 6) is -0.0158. The number of hydrogen-bond acceptors (Lipinski definition) is 3. The molecule has 4 heteroatoms. The number of benzene rings is 1. The van der Waals surface area contributed by atoms with Crippen molar-refractivity contribution in [2.75, 3.05) is 20.3 Å². The number of fused-ring (bicyclic) bond motifs is 1. The van der Waals surface area contributed by atoms with Gasteiger partial charge in [0, 0.05) is 24.6 Å². The van der Waals surface area contributed by atoms with E-state index >= 15 is 0 Å². The maximum atomic E-state index is 11.8. The molecule has 19 heavy (non-hydrogen) atoms. The van der Waals surface area contributed by atoms with Crippen molar-refractivity contribution in [2.24, 2.45) is 0 Å². The molecule has 1 aromatic heterocycles. The fraction of sp³-hybridized carbons (Fsp3) is 0.400. The summed E-state index contributed by atoms with van der Waals surface area (Å²) < 4.78 is 10.4. The lowest BCUT2D eigenvalue weighted by Gasteiger charge is -2.04. The Bertz CT molecular complexity index is 586. The topological polar surface area (TPSA) is 51.5 Å². The molecule has 0 saturated carbocycles. The quantitative estimate of drug-likeness (QED) is 0.841. The van der Waals surface area contributed by atoms with Gasteiger partial charge in [-0.05, 0) is 37.1 Å². The summed E-state index contributed by atoms with van der Waals surface area (Å²) in [5, 5.41) is 3.83. The van der Waals surface area contributed by atoms with Crippen molar-refractivity contribution in [1.29, 1.82) is 0 Å². The number of rotatable bonds is 5. The van der Waals surface area contributed by atoms with Crippen LogP contribution in [0.1, 0.15) is 16.7 Å². The van der Waals surface area contributed by atoms with Gasteiger partial charge < -0.3 is 14.5 Å². The highest BCUT2D eigenvalue weighted by molar-refractivity contribution is 5.88. The summed E-state index contributed by atoms with van der Waals surface area (Å²) in [6.07, 6.45) is 2.00. The van der Waals surface area contributed by atoms with Crippen LogP contribution in [0.3, 0.4) is 0 Å². The van der Waals surface area contributed by atoms with E-state index in [4.69, 9.17) is 9.15 Å². The number of hydrogen-bond donors (Lipinski definition) is 1. The molecule has 4 nitrogen and oxygen atoms in total. The SMILES string of the molecule is COCCNC(=O)Cc1coc2cc(C)c(C)cc12. The van der Waals surface area contributed by atoms with E-state index < -0.39 is 0 Å². The Hall–Kier alpha value is -1.81. The lowest BCUT2D eigenvalue weighted by atomic mass is 10.0. The number of carbonyl (C=O) groups is 1. The molecule has 0 radical (unpaired) electrons. The molecule has 0 fully saturated rings. The average Bonchev–Trinajstić information content (AvgIpc) is 2.73. The van der Waals surface area contributed by atoms with Crippen LogP contribution >= 0.6 is 0 Å². The normalized spacial score (nSPS) is 10.9. The van der Waals surface area contributed by atoms with Crippen LogP contribution in [-0.4, -0.2) is 26.2 Å². The minimum absolute atomic E-state index is 0.0158. The van der Waals surface area contributed by atoms with Crippen molar-refractivity contribution in [1.82, 2.24) is 5.32 Å². The average molecular weight is 261 g/mol. The van der Waals surface area contributed by atoms with E-state index in [2.05, 4.69) is 25.2 Å². The molecule has 0 atom stereocenters. The molecule has 1 amide bonds. The first-order valence-electron chi connectivity index (χ1n) is 6.34. The van der Waals surface area contributed by atoms with Gasteiger partial charge >= 0.3 is 0 Å². The van der Waals surface area contributed by atoms with E-state index in [-0.39, 0.29) is 5.91 Å². The zero-order valence-corrected chi connectivity index (χ0v) is 11.6. The zero-order chi connectivity index (χ0) is 13.8. The highest BCUT2D eigenvalue weighted by Gasteiger charge is 2.11. The Labute approximate surface area is 112 Å². The van der Waals surface area contributed by atoms with E-state index in [0.717, 1.165) is 16.5 Å². The number of amides is 1. The first-order chi connectivity index (χ1) is 9.11. The van der Waals surface area contributed by atoms with E-state index in [0.29, 0.717) is 19.6 Å². The highest BCUT2D eigenvalue weighted by atomic mass is 16.5. The number of nitrogens with one attached hydrogen (secondary N) is 1. The van der Waals surface area contributed by atoms with Gasteiger partial charge in [-0.15, -0.1) is 0 Å². The first kappa shape index (κ1) is 13.6. The minimum Gasteiger partial charge on any atom is -0.464 e. The molecule has 1 aromatic carbocycles. The van der Waals surface area contributed by atoms with Crippen molar-refractivity contribution in [3.05, 3.63) is 35.1 Å². The Morgan fingerprint density at radius 2 is 2.05 bits per heavy atom. The first-order valence-corrected chi connectivity index (χ1v) is 6.34. The Morgan fingerprint density at radius 1 is 1.32 bits per heavy atom. The maximum Gasteiger partial charge on any atom is 0.224 e. The van der Waals surface area contributed by atoms with Gasteiger partial charge in [0.25, 0.3) is 0 Å². The minimum atomic E-state index is -0.0158. The van der Waals surface area contributed by atoms with Gasteiger partial charge in [-0.25, -0.2) is 0 Å². The molecule has 0 bridgehead atoms. The largest absolute Gasteiger partial charge is 0.464 e. The number of carbonyl (C=O) groups excluding carboxylic acids is 1. The van der Waals surface area contributed by atoms with Gasteiger partial charge in [-0.2, -0.15) is 0 Å². The van der Waals surface area contributed by atoms with E-state index in [1.807, 2.05) is 6.07 Å². The Morgan fingerprint density at radius 3 is 2.79 bits per heavy atom. The van der Waals surface area contributed by atoms with Crippen molar-refractivity contribution in [3.63, 3.8) is 0 Å². The van der Waals surface area contributed by atoms with Crippen molar-refractivity contribution < 1.29 is 13.9 Å². The molecule has 1 N–H and O–H groups in total. The summed E-state index contributed by atoms with van der Waals surface area (Å²) in [6, 6.07) is 4.09. The van der Waals surface area contributed by atoms with Crippen molar-refractivity contribution in [2.45, 2.75) is 20.3 Å². The Kier molecular flexibility index (Phi) is 4.22. The molecule has 0 aliphatic rings. The number of ether oxygens (including phenoxy) is 1. The van der Waals surface area contributed by atoms with Gasteiger partial charge in [-0.3, -0.25) is 4.79 Å². The smallest absolute Gasteiger partial charge is 0.224 e. The van der Waals surface area contributed by atoms with Crippen molar-refractivity contribution >= 4 is 16.9 Å². The van der Waals surface area contributed by atoms with Crippen LogP contribution in [0.4, 0.5) is 0 Å². The maximum absolute atomic E-state index is 11.8. The number of methoxy groups -OCH3 is 1. The molecule has 0 aliphatic carbocycles. The zero-order valence-electron chi connectivity index (χ0n) is 11.6. The monoisotopic (exact) mass is 261 g/mol. The molecule has 102 valence electrons. The van der Waals surface area contributed by atoms with Gasteiger partial charge in [0.1, 0.15) is 5.58 Å². The standard InChI is InChI=1S/C15H19NO3/c1-10-6-13-12(8-15(17)16-4-5-18-3)9-19-14(13)7-11(10)2/h6-7,9H,4-5,8H2,1-3H3,(H,16,17). The van der Waals surface area contributed by atoms with Gasteiger partial charge in [0.15, 0.2) is 0 Å². The summed E-state index contributed by atoms with van der Waals surface area (Å²) in [4.78, 5) is 11.8. The van der Waals surface area contributed by atoms with Crippen LogP contribution < -0.4 is 5.32 Å². The lowest BCUT2D eigenvalue weighted by Crippen LogP contribution is -2.28. The molecule has 1 heterocycles. The van der Waals surface area contributed by atoms with Crippen molar-refractivity contribution in [3.8, 4) is 0 Å². The molecule has 0 unspecified atom stereocenters. The second-order valence-electron chi connectivity index (χ2n) is 4.71. The van der Waals surface area contributed by atoms with E-state index in [1.165, 1.54) is 11.1 Å². The van der Waals surface area contributed by atoms with Crippen LogP contribution in [-0.2, 0) is 16.0 Å². The summed E-state index contributed by atoms with van der Waals surface area (Å²) in [7, 11) is 1.61. The van der Waals surface area contributed by atoms with Crippen LogP contribution in [0, 0.1) is 13.8 Å². The summed E-state index contributed by atoms with van der Waals surface area (Å²) in [5.41, 5.74) is 4.16. The fourth-order valence-corrected chi connectivity index (χ4v) is 2.00. The van der Waals surface area contributed by atoms with Gasteiger partial charge in [0.2, 0.25) is 5.91 Å². The second-order valence-corrected chi connectivity index (χ2v) is 4.71. The van der Waals surface area contributed by atoms with Crippen LogP contribution in [0.2, 0.25) is 0 Å². The molecule has 2 rings (SSSR count). The highest BCUT2D eigenvalue weighted by Crippen LogP contribution is 2.25. The van der Waals surface area contributed by atoms with Crippen LogP contribution in [0.5, 0.6) is 0 Å². The van der Waals surface area contributed by atoms with Gasteiger partial charge in [0.05, 0.1) is 19.3 Å². The molecule has 0 saturated heterocycles. The molecule has 0 spiro atoms. The predicted molar refractivity (Wildman–Crippen MR) is 74.3 cm³/mol. The number of aryl methyl sites for hydroxylation is 2. The van der Waals surface area contributed by atoms with E-state index in [1.54, 1.807) is 13.4 Å². The third-order valence-corrected chi connectivity index (χ3v) is 3.25. The molecular formula is C15H19NO3. The van der Waals surface area contributed by atoms with Crippen LogP contribution in [0.25, 0.3) is 11.0 Å². The second kappa shape index (κ2) is 5.89. The molecule has 0 aliphatic heterocycles. The van der Waals surface area contributed by atoms with Crippen LogP contribution in [0.15, 0.2) is 22.8 Å². The van der Waals surface area contributed by atoms with Gasteiger partial charge in [-0.1, -0.05) is 0 Å². The number of furan rings is 1. The molecule has 2 aromatic rings. The summed E-state index contributed by atoms with van der Waals surface area (Å²) in [6.45, 7) is 5.16.